The van der Waals surface area contributed by atoms with Crippen molar-refractivity contribution >= 4 is 0 Å². The van der Waals surface area contributed by atoms with Crippen LogP contribution in [0.5, 0.6) is 0 Å². The van der Waals surface area contributed by atoms with E-state index in [0.717, 1.165) is 16.7 Å². The van der Waals surface area contributed by atoms with E-state index >= 15 is 0 Å². The molecule has 0 saturated heterocycles. The molecule has 0 unspecified atom stereocenters. The van der Waals surface area contributed by atoms with Gasteiger partial charge in [0.1, 0.15) is 0 Å². The maximum absolute atomic E-state index is 9.07. The van der Waals surface area contributed by atoms with Crippen LogP contribution >= 0.6 is 0 Å². The molecule has 2 heteroatoms. The first-order chi connectivity index (χ1) is 8.92. The van der Waals surface area contributed by atoms with E-state index < -0.39 is 0 Å². The number of aliphatic hydroxyl groups is 1. The second kappa shape index (κ2) is 8.49. The summed E-state index contributed by atoms with van der Waals surface area (Å²) in [5.41, 5.74) is 3.28. The van der Waals surface area contributed by atoms with Gasteiger partial charge in [0, 0.05) is 23.7 Å². The fourth-order valence-electron chi connectivity index (χ4n) is 1.82. The standard InChI is InChI=1S/C12H11O.C5H5.Fe/c13-9-11-7-4-8-12(11)10-5-2-1-3-6-10;1-2-4-5-3-1;/h1-8,13H,9H2;1-5H;/q-1;-5;. The maximum Gasteiger partial charge on any atom is 0.0347 e. The second-order valence-corrected chi connectivity index (χ2v) is 3.95. The minimum absolute atomic E-state index is 0. The van der Waals surface area contributed by atoms with E-state index in [9.17, 15) is 0 Å². The molecule has 3 aromatic carbocycles. The van der Waals surface area contributed by atoms with Gasteiger partial charge < -0.3 is 35.4 Å². The first-order valence-corrected chi connectivity index (χ1v) is 5.99. The number of aliphatic hydroxyl groups excluding tert-OH is 1. The molecule has 0 atom stereocenters. The molecule has 0 fully saturated rings. The zero-order valence-corrected chi connectivity index (χ0v) is 11.6. The van der Waals surface area contributed by atoms with Gasteiger partial charge in [-0.3, -0.25) is 0 Å². The van der Waals surface area contributed by atoms with Gasteiger partial charge in [-0.25, -0.2) is 0 Å². The SMILES string of the molecule is OC[c-]1cccc1-c1ccccc1.[Fe].[cH-]1[cH-][cH-][cH-][cH-]1. The molecule has 3 aromatic rings. The number of hydrogen-bond donors (Lipinski definition) is 1. The summed E-state index contributed by atoms with van der Waals surface area (Å²) < 4.78 is 0. The Morgan fingerprint density at radius 2 is 1.42 bits per heavy atom. The molecule has 0 aliphatic heterocycles. The van der Waals surface area contributed by atoms with Crippen LogP contribution in [0, 0.1) is 0 Å². The summed E-state index contributed by atoms with van der Waals surface area (Å²) in [6.07, 6.45) is 0. The third-order valence-corrected chi connectivity index (χ3v) is 2.72. The predicted molar refractivity (Wildman–Crippen MR) is 75.4 cm³/mol. The van der Waals surface area contributed by atoms with Crippen LogP contribution in [0.4, 0.5) is 0 Å². The van der Waals surface area contributed by atoms with Crippen molar-refractivity contribution in [2.75, 3.05) is 0 Å². The third kappa shape index (κ3) is 4.53. The zero-order valence-electron chi connectivity index (χ0n) is 10.5. The van der Waals surface area contributed by atoms with E-state index in [0.29, 0.717) is 0 Å². The van der Waals surface area contributed by atoms with Crippen molar-refractivity contribution in [3.63, 3.8) is 0 Å². The monoisotopic (exact) mass is 292 g/mol. The van der Waals surface area contributed by atoms with Crippen molar-refractivity contribution in [1.82, 2.24) is 0 Å². The second-order valence-electron chi connectivity index (χ2n) is 3.95. The molecule has 0 spiro atoms. The minimum Gasteiger partial charge on any atom is -0.748 e. The fourth-order valence-corrected chi connectivity index (χ4v) is 1.82. The summed E-state index contributed by atoms with van der Waals surface area (Å²) in [6, 6.07) is 26.0. The summed E-state index contributed by atoms with van der Waals surface area (Å²) >= 11 is 0. The van der Waals surface area contributed by atoms with Crippen LogP contribution in [0.1, 0.15) is 5.56 Å². The Morgan fingerprint density at radius 1 is 0.842 bits per heavy atom. The van der Waals surface area contributed by atoms with Gasteiger partial charge in [0.2, 0.25) is 0 Å². The molecule has 19 heavy (non-hydrogen) atoms. The van der Waals surface area contributed by atoms with Crippen LogP contribution in [-0.2, 0) is 23.7 Å². The summed E-state index contributed by atoms with van der Waals surface area (Å²) in [5.74, 6) is 0. The van der Waals surface area contributed by atoms with Crippen molar-refractivity contribution in [2.45, 2.75) is 6.61 Å². The average Bonchev–Trinajstić information content (AvgIpc) is 3.13. The molecule has 0 bridgehead atoms. The van der Waals surface area contributed by atoms with E-state index in [2.05, 4.69) is 12.1 Å². The normalized spacial score (nSPS) is 9.11. The maximum atomic E-state index is 9.07. The number of rotatable bonds is 2. The molecule has 0 saturated carbocycles. The number of benzene rings is 1. The Labute approximate surface area is 124 Å². The smallest absolute Gasteiger partial charge is 0.0347 e. The van der Waals surface area contributed by atoms with E-state index in [-0.39, 0.29) is 23.7 Å². The van der Waals surface area contributed by atoms with Crippen LogP contribution < -0.4 is 0 Å². The Kier molecular flexibility index (Phi) is 6.91. The molecular weight excluding hydrogens is 276 g/mol. The first-order valence-electron chi connectivity index (χ1n) is 5.99. The largest absolute Gasteiger partial charge is 0.748 e. The van der Waals surface area contributed by atoms with Gasteiger partial charge in [-0.1, -0.05) is 35.9 Å². The van der Waals surface area contributed by atoms with Crippen molar-refractivity contribution in [3.8, 4) is 11.1 Å². The van der Waals surface area contributed by atoms with Gasteiger partial charge in [0.15, 0.2) is 0 Å². The molecule has 104 valence electrons. The summed E-state index contributed by atoms with van der Waals surface area (Å²) in [6.45, 7) is 0.108. The predicted octanol–water partition coefficient (Wildman–Crippen LogP) is 3.97. The van der Waals surface area contributed by atoms with Crippen molar-refractivity contribution in [3.05, 3.63) is 84.4 Å². The molecule has 0 radical (unpaired) electrons. The quantitative estimate of drug-likeness (QED) is 0.560. The summed E-state index contributed by atoms with van der Waals surface area (Å²) in [7, 11) is 0. The van der Waals surface area contributed by atoms with Crippen molar-refractivity contribution < 1.29 is 22.2 Å². The van der Waals surface area contributed by atoms with Gasteiger partial charge in [-0.05, 0) is 0 Å². The average molecular weight is 292 g/mol. The van der Waals surface area contributed by atoms with Crippen LogP contribution in [0.25, 0.3) is 11.1 Å². The van der Waals surface area contributed by atoms with Gasteiger partial charge in [0.25, 0.3) is 0 Å². The van der Waals surface area contributed by atoms with E-state index in [1.54, 1.807) is 0 Å². The third-order valence-electron chi connectivity index (χ3n) is 2.72. The molecule has 0 aliphatic carbocycles. The molecule has 1 N–H and O–H groups in total. The first kappa shape index (κ1) is 15.5. The molecule has 0 amide bonds. The van der Waals surface area contributed by atoms with Crippen LogP contribution in [0.2, 0.25) is 0 Å². The molecular formula is C17H16FeO-6. The van der Waals surface area contributed by atoms with Gasteiger partial charge in [-0.2, -0.15) is 12.1 Å². The molecule has 0 aliphatic rings. The number of hydrogen-bond acceptors (Lipinski definition) is 1. The fraction of sp³-hybridized carbons (Fsp3) is 0.0588. The Bertz CT molecular complexity index is 520. The molecule has 0 heterocycles. The van der Waals surface area contributed by atoms with Crippen molar-refractivity contribution in [1.29, 1.82) is 0 Å². The Morgan fingerprint density at radius 3 is 1.95 bits per heavy atom. The Balaban J connectivity index is 0.000000256. The van der Waals surface area contributed by atoms with Crippen LogP contribution in [0.15, 0.2) is 78.9 Å². The Hall–Kier alpha value is -1.60. The molecule has 0 aromatic heterocycles. The van der Waals surface area contributed by atoms with Crippen LogP contribution in [-0.4, -0.2) is 5.11 Å². The molecule has 3 rings (SSSR count). The van der Waals surface area contributed by atoms with E-state index in [1.807, 2.05) is 66.7 Å². The molecule has 1 nitrogen and oxygen atoms in total. The van der Waals surface area contributed by atoms with Crippen molar-refractivity contribution in [2.24, 2.45) is 0 Å². The van der Waals surface area contributed by atoms with E-state index in [1.165, 1.54) is 0 Å². The zero-order chi connectivity index (χ0) is 12.6. The summed E-state index contributed by atoms with van der Waals surface area (Å²) in [5, 5.41) is 9.07. The summed E-state index contributed by atoms with van der Waals surface area (Å²) in [4.78, 5) is 0. The van der Waals surface area contributed by atoms with Crippen LogP contribution in [0.3, 0.4) is 0 Å². The topological polar surface area (TPSA) is 20.2 Å². The minimum atomic E-state index is 0. The van der Waals surface area contributed by atoms with Gasteiger partial charge in [-0.15, -0.1) is 17.2 Å². The van der Waals surface area contributed by atoms with E-state index in [4.69, 9.17) is 5.11 Å². The van der Waals surface area contributed by atoms with Gasteiger partial charge in [0.05, 0.1) is 0 Å². The van der Waals surface area contributed by atoms with Gasteiger partial charge >= 0.3 is 0 Å².